The van der Waals surface area contributed by atoms with Crippen molar-refractivity contribution < 1.29 is 0 Å². The molecule has 2 aromatic heterocycles. The zero-order valence-electron chi connectivity index (χ0n) is 14.4. The second kappa shape index (κ2) is 8.50. The van der Waals surface area contributed by atoms with Crippen LogP contribution in [0.15, 0.2) is 88.5 Å². The van der Waals surface area contributed by atoms with Gasteiger partial charge in [0, 0.05) is 10.7 Å². The first-order valence-electron chi connectivity index (χ1n) is 8.21. The molecule has 26 heavy (non-hydrogen) atoms. The summed E-state index contributed by atoms with van der Waals surface area (Å²) in [5.74, 6) is 0. The van der Waals surface area contributed by atoms with Gasteiger partial charge < -0.3 is 0 Å². The lowest BCUT2D eigenvalue weighted by Gasteiger charge is -2.10. The van der Waals surface area contributed by atoms with Crippen LogP contribution in [-0.4, -0.2) is 16.7 Å². The van der Waals surface area contributed by atoms with Gasteiger partial charge in [0.25, 0.3) is 0 Å². The molecule has 128 valence electrons. The maximum atomic E-state index is 4.76. The van der Waals surface area contributed by atoms with E-state index in [1.54, 1.807) is 6.20 Å². The van der Waals surface area contributed by atoms with Gasteiger partial charge in [-0.25, -0.2) is 4.98 Å². The summed E-state index contributed by atoms with van der Waals surface area (Å²) in [6.45, 7) is 5.65. The molecule has 0 aliphatic heterocycles. The molecule has 0 unspecified atom stereocenters. The summed E-state index contributed by atoms with van der Waals surface area (Å²) in [4.78, 5) is 13.3. The number of pyridine rings is 2. The Hall–Kier alpha value is -2.85. The van der Waals surface area contributed by atoms with Crippen molar-refractivity contribution in [2.75, 3.05) is 0 Å². The average Bonchev–Trinajstić information content (AvgIpc) is 2.69. The summed E-state index contributed by atoms with van der Waals surface area (Å²) < 4.78 is 1.04. The smallest absolute Gasteiger partial charge is 0.0900 e. The zero-order valence-corrected chi connectivity index (χ0v) is 16.0. The number of allylic oxidation sites excluding steroid dienone is 3. The largest absolute Gasteiger partial charge is 0.262 e. The second-order valence-electron chi connectivity index (χ2n) is 5.58. The van der Waals surface area contributed by atoms with Gasteiger partial charge in [0.15, 0.2) is 0 Å². The average molecular weight is 404 g/mol. The Morgan fingerprint density at radius 1 is 1.04 bits per heavy atom. The molecule has 0 saturated heterocycles. The standard InChI is InChI=1S/C22H18BrN3/c1-3-4-7-19(24-2)21-14-17(16-9-11-18(23)12-10-16)15-22(26-21)20-8-5-6-13-25-20/h3-15H,2H2,1H3/b4-3-,19-7-. The first-order chi connectivity index (χ1) is 12.7. The molecule has 1 aromatic carbocycles. The third-order valence-corrected chi connectivity index (χ3v) is 4.34. The number of benzene rings is 1. The number of aliphatic imine (C=N–C) groups is 1. The van der Waals surface area contributed by atoms with Crippen molar-refractivity contribution in [1.29, 1.82) is 0 Å². The van der Waals surface area contributed by atoms with Crippen LogP contribution >= 0.6 is 15.9 Å². The van der Waals surface area contributed by atoms with Gasteiger partial charge in [-0.05, 0) is 67.2 Å². The van der Waals surface area contributed by atoms with Gasteiger partial charge in [0.1, 0.15) is 0 Å². The Morgan fingerprint density at radius 2 is 1.85 bits per heavy atom. The summed E-state index contributed by atoms with van der Waals surface area (Å²) in [6.07, 6.45) is 7.55. The molecule has 0 fully saturated rings. The number of rotatable bonds is 5. The van der Waals surface area contributed by atoms with E-state index in [0.29, 0.717) is 0 Å². The van der Waals surface area contributed by atoms with Crippen LogP contribution in [0.5, 0.6) is 0 Å². The third-order valence-electron chi connectivity index (χ3n) is 3.81. The predicted molar refractivity (Wildman–Crippen MR) is 113 cm³/mol. The minimum Gasteiger partial charge on any atom is -0.262 e. The number of hydrogen-bond acceptors (Lipinski definition) is 3. The molecule has 0 saturated carbocycles. The lowest BCUT2D eigenvalue weighted by atomic mass is 10.0. The quantitative estimate of drug-likeness (QED) is 0.376. The van der Waals surface area contributed by atoms with E-state index in [2.05, 4.69) is 44.8 Å². The Labute approximate surface area is 162 Å². The number of aromatic nitrogens is 2. The van der Waals surface area contributed by atoms with Crippen LogP contribution in [0.4, 0.5) is 0 Å². The molecule has 0 bridgehead atoms. The van der Waals surface area contributed by atoms with Crippen LogP contribution < -0.4 is 0 Å². The molecule has 0 spiro atoms. The SMILES string of the molecule is C=N/C(=C\C=C/C)c1cc(-c2ccc(Br)cc2)cc(-c2ccccn2)n1. The molecule has 3 aromatic rings. The summed E-state index contributed by atoms with van der Waals surface area (Å²) >= 11 is 3.48. The van der Waals surface area contributed by atoms with E-state index in [1.165, 1.54) is 0 Å². The van der Waals surface area contributed by atoms with Gasteiger partial charge in [-0.3, -0.25) is 9.98 Å². The molecular weight excluding hydrogens is 386 g/mol. The van der Waals surface area contributed by atoms with Gasteiger partial charge in [-0.1, -0.05) is 46.3 Å². The molecule has 0 radical (unpaired) electrons. The molecule has 3 nitrogen and oxygen atoms in total. The van der Waals surface area contributed by atoms with Gasteiger partial charge in [-0.2, -0.15) is 0 Å². The Morgan fingerprint density at radius 3 is 2.50 bits per heavy atom. The molecule has 0 N–H and O–H groups in total. The molecule has 0 atom stereocenters. The van der Waals surface area contributed by atoms with E-state index >= 15 is 0 Å². The van der Waals surface area contributed by atoms with E-state index < -0.39 is 0 Å². The van der Waals surface area contributed by atoms with E-state index in [-0.39, 0.29) is 0 Å². The van der Waals surface area contributed by atoms with Gasteiger partial charge in [0.05, 0.1) is 22.8 Å². The van der Waals surface area contributed by atoms with Crippen molar-refractivity contribution in [2.24, 2.45) is 4.99 Å². The Kier molecular flexibility index (Phi) is 5.87. The normalized spacial score (nSPS) is 11.7. The van der Waals surface area contributed by atoms with Crippen LogP contribution in [0.25, 0.3) is 28.2 Å². The zero-order chi connectivity index (χ0) is 18.4. The summed E-state index contributed by atoms with van der Waals surface area (Å²) in [5.41, 5.74) is 5.26. The second-order valence-corrected chi connectivity index (χ2v) is 6.50. The highest BCUT2D eigenvalue weighted by Gasteiger charge is 2.10. The number of halogens is 1. The van der Waals surface area contributed by atoms with Gasteiger partial charge >= 0.3 is 0 Å². The van der Waals surface area contributed by atoms with Crippen molar-refractivity contribution >= 4 is 28.3 Å². The van der Waals surface area contributed by atoms with Crippen molar-refractivity contribution in [3.63, 3.8) is 0 Å². The van der Waals surface area contributed by atoms with Crippen LogP contribution in [0, 0.1) is 0 Å². The summed E-state index contributed by atoms with van der Waals surface area (Å²) in [6, 6.07) is 18.1. The van der Waals surface area contributed by atoms with Crippen LogP contribution in [0.2, 0.25) is 0 Å². The lowest BCUT2D eigenvalue weighted by Crippen LogP contribution is -1.94. The monoisotopic (exact) mass is 403 g/mol. The first-order valence-corrected chi connectivity index (χ1v) is 9.00. The van der Waals surface area contributed by atoms with Crippen LogP contribution in [0.3, 0.4) is 0 Å². The Bertz CT molecular complexity index is 958. The minimum atomic E-state index is 0.722. The van der Waals surface area contributed by atoms with E-state index in [0.717, 1.165) is 38.4 Å². The molecular formula is C22H18BrN3. The summed E-state index contributed by atoms with van der Waals surface area (Å²) in [7, 11) is 0. The highest BCUT2D eigenvalue weighted by atomic mass is 79.9. The van der Waals surface area contributed by atoms with Crippen molar-refractivity contribution in [1.82, 2.24) is 9.97 Å². The van der Waals surface area contributed by atoms with E-state index in [1.807, 2.05) is 67.6 Å². The fourth-order valence-corrected chi connectivity index (χ4v) is 2.79. The fourth-order valence-electron chi connectivity index (χ4n) is 2.52. The molecule has 3 rings (SSSR count). The van der Waals surface area contributed by atoms with E-state index in [4.69, 9.17) is 4.98 Å². The highest BCUT2D eigenvalue weighted by molar-refractivity contribution is 9.10. The van der Waals surface area contributed by atoms with Crippen LogP contribution in [-0.2, 0) is 0 Å². The van der Waals surface area contributed by atoms with E-state index in [9.17, 15) is 0 Å². The fraction of sp³-hybridized carbons (Fsp3) is 0.0455. The maximum Gasteiger partial charge on any atom is 0.0900 e. The molecule has 4 heteroatoms. The number of hydrogen-bond donors (Lipinski definition) is 0. The Balaban J connectivity index is 2.19. The van der Waals surface area contributed by atoms with Gasteiger partial charge in [0.2, 0.25) is 0 Å². The minimum absolute atomic E-state index is 0.722. The van der Waals surface area contributed by atoms with Gasteiger partial charge in [-0.15, -0.1) is 0 Å². The lowest BCUT2D eigenvalue weighted by molar-refractivity contribution is 1.21. The molecule has 0 aliphatic carbocycles. The maximum absolute atomic E-state index is 4.76. The number of nitrogens with zero attached hydrogens (tertiary/aromatic N) is 3. The van der Waals surface area contributed by atoms with Crippen molar-refractivity contribution in [3.8, 4) is 22.5 Å². The first kappa shape index (κ1) is 18.0. The summed E-state index contributed by atoms with van der Waals surface area (Å²) in [5, 5.41) is 0. The third kappa shape index (κ3) is 4.21. The highest BCUT2D eigenvalue weighted by Crippen LogP contribution is 2.29. The molecule has 0 aliphatic rings. The predicted octanol–water partition coefficient (Wildman–Crippen LogP) is 6.19. The van der Waals surface area contributed by atoms with Crippen LogP contribution in [0.1, 0.15) is 12.6 Å². The van der Waals surface area contributed by atoms with Crippen molar-refractivity contribution in [3.05, 3.63) is 89.2 Å². The molecule has 0 amide bonds. The van der Waals surface area contributed by atoms with Crippen molar-refractivity contribution in [2.45, 2.75) is 6.92 Å². The topological polar surface area (TPSA) is 38.1 Å². The molecule has 2 heterocycles.